The topological polar surface area (TPSA) is 44.2 Å². The van der Waals surface area contributed by atoms with Gasteiger partial charge in [0.2, 0.25) is 0 Å². The molecule has 4 nitrogen and oxygen atoms in total. The fourth-order valence-electron chi connectivity index (χ4n) is 1.84. The Morgan fingerprint density at radius 2 is 1.91 bits per heavy atom. The highest BCUT2D eigenvalue weighted by Gasteiger charge is 2.33. The molecule has 0 spiro atoms. The van der Waals surface area contributed by atoms with E-state index >= 15 is 0 Å². The summed E-state index contributed by atoms with van der Waals surface area (Å²) >= 11 is 0. The number of methoxy groups -OCH3 is 1. The number of aromatic nitrogens is 2. The molecule has 0 aliphatic carbocycles. The Morgan fingerprint density at radius 1 is 1.09 bits per heavy atom. The Hall–Kier alpha value is -1.99. The maximum absolute atomic E-state index is 12.8. The second-order valence-corrected chi connectivity index (χ2v) is 4.45. The van der Waals surface area contributed by atoms with Crippen LogP contribution in [0.4, 0.5) is 13.2 Å². The Kier molecular flexibility index (Phi) is 5.46. The van der Waals surface area contributed by atoms with Crippen molar-refractivity contribution in [3.63, 3.8) is 0 Å². The highest BCUT2D eigenvalue weighted by molar-refractivity contribution is 5.61. The van der Waals surface area contributed by atoms with Crippen molar-refractivity contribution < 1.29 is 22.6 Å². The lowest BCUT2D eigenvalue weighted by Crippen LogP contribution is -2.12. The molecule has 0 aromatic carbocycles. The molecule has 0 saturated heterocycles. The van der Waals surface area contributed by atoms with Crippen LogP contribution in [0, 0.1) is 0 Å². The molecule has 0 bridgehead atoms. The van der Waals surface area contributed by atoms with E-state index in [1.807, 2.05) is 0 Å². The summed E-state index contributed by atoms with van der Waals surface area (Å²) in [5.74, 6) is 0. The van der Waals surface area contributed by atoms with E-state index in [1.165, 1.54) is 13.2 Å². The van der Waals surface area contributed by atoms with Crippen LogP contribution in [0.3, 0.4) is 0 Å². The first-order valence-corrected chi connectivity index (χ1v) is 6.57. The van der Waals surface area contributed by atoms with E-state index in [0.717, 1.165) is 6.07 Å². The molecule has 2 aromatic rings. The second kappa shape index (κ2) is 7.33. The summed E-state index contributed by atoms with van der Waals surface area (Å²) in [5, 5.41) is 0. The fourth-order valence-corrected chi connectivity index (χ4v) is 1.84. The van der Waals surface area contributed by atoms with E-state index in [4.69, 9.17) is 9.47 Å². The van der Waals surface area contributed by atoms with Gasteiger partial charge >= 0.3 is 6.18 Å². The third kappa shape index (κ3) is 4.25. The van der Waals surface area contributed by atoms with Crippen molar-refractivity contribution >= 4 is 0 Å². The van der Waals surface area contributed by atoms with Gasteiger partial charge in [-0.1, -0.05) is 6.07 Å². The Balaban J connectivity index is 2.31. The quantitative estimate of drug-likeness (QED) is 0.768. The molecular weight excluding hydrogens is 297 g/mol. The average Bonchev–Trinajstić information content (AvgIpc) is 2.51. The summed E-state index contributed by atoms with van der Waals surface area (Å²) in [7, 11) is 1.52. The number of nitrogens with zero attached hydrogens (tertiary/aromatic N) is 2. The zero-order valence-electron chi connectivity index (χ0n) is 11.9. The van der Waals surface area contributed by atoms with Gasteiger partial charge in [-0.25, -0.2) is 4.98 Å². The van der Waals surface area contributed by atoms with Crippen LogP contribution in [0.1, 0.15) is 11.4 Å². The zero-order valence-corrected chi connectivity index (χ0v) is 11.9. The molecule has 0 atom stereocenters. The van der Waals surface area contributed by atoms with Crippen molar-refractivity contribution in [2.24, 2.45) is 0 Å². The smallest absolute Gasteiger partial charge is 0.382 e. The second-order valence-electron chi connectivity index (χ2n) is 4.45. The maximum Gasteiger partial charge on any atom is 0.433 e. The number of hydrogen-bond acceptors (Lipinski definition) is 4. The highest BCUT2D eigenvalue weighted by atomic mass is 19.4. The van der Waals surface area contributed by atoms with Gasteiger partial charge in [0.05, 0.1) is 31.2 Å². The standard InChI is InChI=1S/C15H15F3N2O2/c1-21-8-9-22-10-13-11(12-4-2-3-7-19-12)5-6-14(20-13)15(16,17)18/h2-7H,8-10H2,1H3. The normalized spacial score (nSPS) is 11.6. The van der Waals surface area contributed by atoms with Gasteiger partial charge in [-0.15, -0.1) is 0 Å². The minimum Gasteiger partial charge on any atom is -0.382 e. The maximum atomic E-state index is 12.8. The van der Waals surface area contributed by atoms with Crippen LogP contribution in [0.15, 0.2) is 36.5 Å². The van der Waals surface area contributed by atoms with Crippen LogP contribution in [-0.4, -0.2) is 30.3 Å². The molecule has 7 heteroatoms. The molecule has 0 amide bonds. The Labute approximate surface area is 125 Å². The lowest BCUT2D eigenvalue weighted by atomic mass is 10.1. The van der Waals surface area contributed by atoms with E-state index in [1.54, 1.807) is 24.4 Å². The number of alkyl halides is 3. The van der Waals surface area contributed by atoms with E-state index in [9.17, 15) is 13.2 Å². The zero-order chi connectivity index (χ0) is 16.0. The Morgan fingerprint density at radius 3 is 2.55 bits per heavy atom. The van der Waals surface area contributed by atoms with Gasteiger partial charge in [-0.3, -0.25) is 4.98 Å². The van der Waals surface area contributed by atoms with Crippen LogP contribution in [-0.2, 0) is 22.3 Å². The molecule has 2 rings (SSSR count). The van der Waals surface area contributed by atoms with Crippen LogP contribution >= 0.6 is 0 Å². The van der Waals surface area contributed by atoms with Crippen molar-refractivity contribution in [2.75, 3.05) is 20.3 Å². The summed E-state index contributed by atoms with van der Waals surface area (Å²) < 4.78 is 48.6. The van der Waals surface area contributed by atoms with Crippen molar-refractivity contribution in [3.8, 4) is 11.3 Å². The minimum atomic E-state index is -4.50. The van der Waals surface area contributed by atoms with Gasteiger partial charge < -0.3 is 9.47 Å². The summed E-state index contributed by atoms with van der Waals surface area (Å²) in [4.78, 5) is 7.83. The molecule has 22 heavy (non-hydrogen) atoms. The van der Waals surface area contributed by atoms with E-state index < -0.39 is 11.9 Å². The first-order chi connectivity index (χ1) is 10.5. The van der Waals surface area contributed by atoms with Crippen LogP contribution in [0.2, 0.25) is 0 Å². The molecule has 0 N–H and O–H groups in total. The molecule has 0 aliphatic heterocycles. The molecule has 0 unspecified atom stereocenters. The molecule has 0 radical (unpaired) electrons. The van der Waals surface area contributed by atoms with Gasteiger partial charge in [0.15, 0.2) is 0 Å². The Bertz CT molecular complexity index is 603. The summed E-state index contributed by atoms with van der Waals surface area (Å²) in [6, 6.07) is 7.52. The van der Waals surface area contributed by atoms with Crippen molar-refractivity contribution in [2.45, 2.75) is 12.8 Å². The summed E-state index contributed by atoms with van der Waals surface area (Å²) in [6.07, 6.45) is -2.92. The summed E-state index contributed by atoms with van der Waals surface area (Å²) in [6.45, 7) is 0.590. The molecule has 118 valence electrons. The third-order valence-corrected chi connectivity index (χ3v) is 2.88. The van der Waals surface area contributed by atoms with E-state index in [2.05, 4.69) is 9.97 Å². The predicted octanol–water partition coefficient (Wildman–Crippen LogP) is 3.33. The van der Waals surface area contributed by atoms with E-state index in [-0.39, 0.29) is 18.9 Å². The molecule has 0 fully saturated rings. The minimum absolute atomic E-state index is 0.0425. The fraction of sp³-hybridized carbons (Fsp3) is 0.333. The molecular formula is C15H15F3N2O2. The summed E-state index contributed by atoms with van der Waals surface area (Å²) in [5.41, 5.74) is 0.322. The number of pyridine rings is 2. The first kappa shape index (κ1) is 16.4. The largest absolute Gasteiger partial charge is 0.433 e. The highest BCUT2D eigenvalue weighted by Crippen LogP contribution is 2.30. The average molecular weight is 312 g/mol. The van der Waals surface area contributed by atoms with Crippen LogP contribution in [0.25, 0.3) is 11.3 Å². The molecule has 0 saturated carbocycles. The van der Waals surface area contributed by atoms with Gasteiger partial charge in [0, 0.05) is 18.9 Å². The van der Waals surface area contributed by atoms with Gasteiger partial charge in [-0.2, -0.15) is 13.2 Å². The molecule has 2 aromatic heterocycles. The van der Waals surface area contributed by atoms with E-state index in [0.29, 0.717) is 17.9 Å². The SMILES string of the molecule is COCCOCc1nc(C(F)(F)F)ccc1-c1ccccn1. The number of hydrogen-bond donors (Lipinski definition) is 0. The lowest BCUT2D eigenvalue weighted by molar-refractivity contribution is -0.141. The first-order valence-electron chi connectivity index (χ1n) is 6.57. The van der Waals surface area contributed by atoms with Crippen molar-refractivity contribution in [3.05, 3.63) is 47.9 Å². The molecule has 0 aliphatic rings. The molecule has 2 heterocycles. The van der Waals surface area contributed by atoms with Gasteiger partial charge in [0.1, 0.15) is 5.69 Å². The van der Waals surface area contributed by atoms with Crippen LogP contribution < -0.4 is 0 Å². The van der Waals surface area contributed by atoms with Gasteiger partial charge in [-0.05, 0) is 24.3 Å². The van der Waals surface area contributed by atoms with Crippen LogP contribution in [0.5, 0.6) is 0 Å². The lowest BCUT2D eigenvalue weighted by Gasteiger charge is -2.12. The predicted molar refractivity (Wildman–Crippen MR) is 74.0 cm³/mol. The number of ether oxygens (including phenoxy) is 2. The number of rotatable bonds is 6. The number of halogens is 3. The third-order valence-electron chi connectivity index (χ3n) is 2.88. The monoisotopic (exact) mass is 312 g/mol. The van der Waals surface area contributed by atoms with Crippen molar-refractivity contribution in [1.29, 1.82) is 0 Å². The van der Waals surface area contributed by atoms with Crippen molar-refractivity contribution in [1.82, 2.24) is 9.97 Å². The van der Waals surface area contributed by atoms with Gasteiger partial charge in [0.25, 0.3) is 0 Å².